The molecule has 0 saturated heterocycles. The van der Waals surface area contributed by atoms with E-state index in [1.165, 1.54) is 18.4 Å². The quantitative estimate of drug-likeness (QED) is 0.518. The number of ether oxygens (including phenoxy) is 3. The number of fused-ring (bicyclic) bond motifs is 1. The van der Waals surface area contributed by atoms with Crippen LogP contribution in [0.25, 0.3) is 11.0 Å². The van der Waals surface area contributed by atoms with Gasteiger partial charge in [-0.3, -0.25) is 9.59 Å². The predicted molar refractivity (Wildman–Crippen MR) is 91.5 cm³/mol. The van der Waals surface area contributed by atoms with Crippen LogP contribution >= 0.6 is 0 Å². The lowest BCUT2D eigenvalue weighted by molar-refractivity contribution is -0.134. The van der Waals surface area contributed by atoms with E-state index >= 15 is 0 Å². The lowest BCUT2D eigenvalue weighted by atomic mass is 10.2. The van der Waals surface area contributed by atoms with E-state index in [-0.39, 0.29) is 23.6 Å². The Morgan fingerprint density at radius 1 is 1.08 bits per heavy atom. The highest BCUT2D eigenvalue weighted by Crippen LogP contribution is 2.26. The van der Waals surface area contributed by atoms with E-state index < -0.39 is 0 Å². The van der Waals surface area contributed by atoms with E-state index in [9.17, 15) is 9.59 Å². The average Bonchev–Trinajstić information content (AvgIpc) is 2.64. The first kappa shape index (κ1) is 16.6. The zero-order valence-corrected chi connectivity index (χ0v) is 13.8. The van der Waals surface area contributed by atoms with Crippen molar-refractivity contribution in [1.29, 1.82) is 0 Å². The minimum atomic E-state index is -0.361. The average molecular weight is 340 g/mol. The molecule has 2 aromatic carbocycles. The molecule has 0 aliphatic heterocycles. The Morgan fingerprint density at radius 2 is 1.88 bits per heavy atom. The minimum absolute atomic E-state index is 0.0547. The summed E-state index contributed by atoms with van der Waals surface area (Å²) in [5, 5.41) is 0.330. The van der Waals surface area contributed by atoms with Crippen molar-refractivity contribution in [3.8, 4) is 23.0 Å². The third-order valence-electron chi connectivity index (χ3n) is 3.50. The van der Waals surface area contributed by atoms with E-state index in [2.05, 4.69) is 0 Å². The molecule has 0 saturated carbocycles. The Bertz CT molecular complexity index is 973. The topological polar surface area (TPSA) is 75.0 Å². The summed E-state index contributed by atoms with van der Waals surface area (Å²) in [5.41, 5.74) is -0.0122. The molecule has 3 aromatic rings. The zero-order chi connectivity index (χ0) is 17.8. The van der Waals surface area contributed by atoms with Gasteiger partial charge in [0.2, 0.25) is 11.2 Å². The Labute approximate surface area is 143 Å². The van der Waals surface area contributed by atoms with Gasteiger partial charge in [0.1, 0.15) is 29.1 Å². The fourth-order valence-electron chi connectivity index (χ4n) is 2.22. The first-order valence-electron chi connectivity index (χ1n) is 7.69. The Balaban J connectivity index is 1.93. The van der Waals surface area contributed by atoms with E-state index in [0.29, 0.717) is 28.2 Å². The zero-order valence-electron chi connectivity index (χ0n) is 13.8. The normalized spacial score (nSPS) is 10.5. The van der Waals surface area contributed by atoms with Gasteiger partial charge >= 0.3 is 5.97 Å². The maximum atomic E-state index is 12.6. The minimum Gasteiger partial charge on any atom is -0.497 e. The molecule has 6 heteroatoms. The van der Waals surface area contributed by atoms with Crippen molar-refractivity contribution in [2.75, 3.05) is 7.11 Å². The van der Waals surface area contributed by atoms with Gasteiger partial charge in [0.05, 0.1) is 12.5 Å². The van der Waals surface area contributed by atoms with Crippen LogP contribution in [-0.4, -0.2) is 13.1 Å². The molecular weight excluding hydrogens is 324 g/mol. The van der Waals surface area contributed by atoms with Gasteiger partial charge in [-0.2, -0.15) is 0 Å². The van der Waals surface area contributed by atoms with Crippen LogP contribution in [0.5, 0.6) is 23.0 Å². The second-order valence-electron chi connectivity index (χ2n) is 5.20. The molecule has 0 bridgehead atoms. The highest BCUT2D eigenvalue weighted by Gasteiger charge is 2.11. The maximum absolute atomic E-state index is 12.6. The highest BCUT2D eigenvalue weighted by molar-refractivity contribution is 5.80. The summed E-state index contributed by atoms with van der Waals surface area (Å²) in [5.74, 6) is 1.09. The van der Waals surface area contributed by atoms with Crippen molar-refractivity contribution in [2.24, 2.45) is 0 Å². The fourth-order valence-corrected chi connectivity index (χ4v) is 2.22. The Morgan fingerprint density at radius 3 is 2.64 bits per heavy atom. The number of hydrogen-bond acceptors (Lipinski definition) is 6. The Kier molecular flexibility index (Phi) is 4.70. The van der Waals surface area contributed by atoms with Crippen molar-refractivity contribution in [1.82, 2.24) is 0 Å². The largest absolute Gasteiger partial charge is 0.497 e. The number of carbonyl (C=O) groups is 1. The molecule has 128 valence electrons. The molecule has 1 aromatic heterocycles. The molecule has 0 aliphatic rings. The second-order valence-corrected chi connectivity index (χ2v) is 5.20. The molecule has 1 heterocycles. The molecule has 0 unspecified atom stereocenters. The number of rotatable bonds is 5. The molecular formula is C19H16O6. The molecule has 0 fully saturated rings. The van der Waals surface area contributed by atoms with Crippen molar-refractivity contribution in [3.63, 3.8) is 0 Å². The molecule has 25 heavy (non-hydrogen) atoms. The van der Waals surface area contributed by atoms with Crippen LogP contribution in [0.1, 0.15) is 13.3 Å². The van der Waals surface area contributed by atoms with Gasteiger partial charge in [0, 0.05) is 18.6 Å². The lowest BCUT2D eigenvalue weighted by Gasteiger charge is -2.08. The smallest absolute Gasteiger partial charge is 0.310 e. The Hall–Kier alpha value is -3.28. The summed E-state index contributed by atoms with van der Waals surface area (Å²) in [7, 11) is 1.55. The summed E-state index contributed by atoms with van der Waals surface area (Å²) in [6, 6.07) is 11.5. The van der Waals surface area contributed by atoms with E-state index in [0.717, 1.165) is 0 Å². The highest BCUT2D eigenvalue weighted by atomic mass is 16.5. The lowest BCUT2D eigenvalue weighted by Crippen LogP contribution is -2.07. The standard InChI is InChI=1S/C19H16O6/c1-3-18(20)25-14-7-8-15-16(10-14)23-11-17(19(15)21)24-13-6-4-5-12(9-13)22-2/h4-11H,3H2,1-2H3. The third-order valence-corrected chi connectivity index (χ3v) is 3.50. The van der Waals surface area contributed by atoms with Crippen LogP contribution in [0.2, 0.25) is 0 Å². The third kappa shape index (κ3) is 3.63. The van der Waals surface area contributed by atoms with E-state index in [4.69, 9.17) is 18.6 Å². The van der Waals surface area contributed by atoms with Gasteiger partial charge in [-0.1, -0.05) is 13.0 Å². The van der Waals surface area contributed by atoms with Gasteiger partial charge in [-0.15, -0.1) is 0 Å². The number of hydrogen-bond donors (Lipinski definition) is 0. The van der Waals surface area contributed by atoms with Crippen molar-refractivity contribution in [2.45, 2.75) is 13.3 Å². The van der Waals surface area contributed by atoms with Crippen LogP contribution in [0.15, 0.2) is 57.9 Å². The molecule has 0 spiro atoms. The van der Waals surface area contributed by atoms with Crippen molar-refractivity contribution >= 4 is 16.9 Å². The summed E-state index contributed by atoms with van der Waals surface area (Å²) in [6.45, 7) is 1.70. The van der Waals surface area contributed by atoms with Gasteiger partial charge in [-0.25, -0.2) is 0 Å². The summed E-state index contributed by atoms with van der Waals surface area (Å²) in [4.78, 5) is 23.9. The van der Waals surface area contributed by atoms with Crippen LogP contribution in [0.4, 0.5) is 0 Å². The van der Waals surface area contributed by atoms with Gasteiger partial charge in [-0.05, 0) is 24.3 Å². The SMILES string of the molecule is CCC(=O)Oc1ccc2c(=O)c(Oc3cccc(OC)c3)coc2c1. The molecule has 0 radical (unpaired) electrons. The summed E-state index contributed by atoms with van der Waals surface area (Å²) in [6.07, 6.45) is 1.49. The van der Waals surface area contributed by atoms with Crippen LogP contribution in [0.3, 0.4) is 0 Å². The molecule has 3 rings (SSSR count). The molecule has 0 amide bonds. The number of esters is 1. The van der Waals surface area contributed by atoms with Crippen LogP contribution in [-0.2, 0) is 4.79 Å². The maximum Gasteiger partial charge on any atom is 0.310 e. The summed E-state index contributed by atoms with van der Waals surface area (Å²) < 4.78 is 21.3. The van der Waals surface area contributed by atoms with Gasteiger partial charge in [0.15, 0.2) is 0 Å². The van der Waals surface area contributed by atoms with E-state index in [1.807, 2.05) is 0 Å². The first-order valence-corrected chi connectivity index (χ1v) is 7.69. The molecule has 0 atom stereocenters. The predicted octanol–water partition coefficient (Wildman–Crippen LogP) is 3.91. The fraction of sp³-hybridized carbons (Fsp3) is 0.158. The first-order chi connectivity index (χ1) is 12.1. The van der Waals surface area contributed by atoms with E-state index in [1.54, 1.807) is 44.4 Å². The number of methoxy groups -OCH3 is 1. The van der Waals surface area contributed by atoms with Crippen molar-refractivity contribution in [3.05, 3.63) is 59.0 Å². The van der Waals surface area contributed by atoms with Crippen molar-refractivity contribution < 1.29 is 23.4 Å². The second kappa shape index (κ2) is 7.09. The van der Waals surface area contributed by atoms with Gasteiger partial charge in [0.25, 0.3) is 0 Å². The summed E-state index contributed by atoms with van der Waals surface area (Å²) >= 11 is 0. The molecule has 6 nitrogen and oxygen atoms in total. The molecule has 0 N–H and O–H groups in total. The number of benzene rings is 2. The molecule has 0 aliphatic carbocycles. The van der Waals surface area contributed by atoms with Gasteiger partial charge < -0.3 is 18.6 Å². The van der Waals surface area contributed by atoms with Crippen LogP contribution < -0.4 is 19.6 Å². The monoisotopic (exact) mass is 340 g/mol. The number of carbonyl (C=O) groups excluding carboxylic acids is 1. The van der Waals surface area contributed by atoms with Crippen LogP contribution in [0, 0.1) is 0 Å².